The predicted octanol–water partition coefficient (Wildman–Crippen LogP) is 4.04. The van der Waals surface area contributed by atoms with Crippen molar-refractivity contribution in [2.75, 3.05) is 30.4 Å². The lowest BCUT2D eigenvalue weighted by molar-refractivity contribution is -0.137. The minimum Gasteiger partial charge on any atom is -0.381 e. The van der Waals surface area contributed by atoms with Gasteiger partial charge in [0.25, 0.3) is 11.8 Å². The van der Waals surface area contributed by atoms with Crippen LogP contribution in [0, 0.1) is 0 Å². The Bertz CT molecular complexity index is 984. The average Bonchev–Trinajstić information content (AvgIpc) is 3.01. The average molecular weight is 436 g/mol. The smallest absolute Gasteiger partial charge is 0.278 e. The number of carbonyl (C=O) groups is 3. The summed E-state index contributed by atoms with van der Waals surface area (Å²) in [5.74, 6) is -0.828. The van der Waals surface area contributed by atoms with E-state index in [9.17, 15) is 14.4 Å². The van der Waals surface area contributed by atoms with Crippen molar-refractivity contribution in [2.24, 2.45) is 0 Å². The number of unbranched alkanes of at least 4 members (excludes halogenated alkanes) is 1. The summed E-state index contributed by atoms with van der Waals surface area (Å²) in [6.07, 6.45) is 2.65. The Hall–Kier alpha value is -3.45. The van der Waals surface area contributed by atoms with Crippen LogP contribution in [0.15, 0.2) is 60.3 Å². The molecule has 0 atom stereocenters. The molecule has 3 rings (SSSR count). The van der Waals surface area contributed by atoms with Crippen LogP contribution in [-0.4, -0.2) is 42.4 Å². The van der Waals surface area contributed by atoms with Gasteiger partial charge in [-0.05, 0) is 42.7 Å². The molecule has 0 unspecified atom stereocenters. The molecule has 7 nitrogen and oxygen atoms in total. The van der Waals surface area contributed by atoms with E-state index in [1.807, 2.05) is 30.3 Å². The third-order valence-corrected chi connectivity index (χ3v) is 5.02. The quantitative estimate of drug-likeness (QED) is 0.411. The molecule has 0 aromatic heterocycles. The lowest BCUT2D eigenvalue weighted by atomic mass is 10.0. The number of amides is 3. The molecule has 168 valence electrons. The highest BCUT2D eigenvalue weighted by molar-refractivity contribution is 6.36. The number of nitrogens with one attached hydrogen (secondary N) is 2. The van der Waals surface area contributed by atoms with E-state index in [0.717, 1.165) is 12.8 Å². The molecular weight excluding hydrogens is 406 g/mol. The maximum Gasteiger partial charge on any atom is 0.278 e. The Morgan fingerprint density at radius 2 is 1.56 bits per heavy atom. The third kappa shape index (κ3) is 5.82. The summed E-state index contributed by atoms with van der Waals surface area (Å²) in [5.41, 5.74) is 2.59. The second-order valence-electron chi connectivity index (χ2n) is 7.58. The van der Waals surface area contributed by atoms with E-state index in [4.69, 9.17) is 4.74 Å². The van der Waals surface area contributed by atoms with Crippen LogP contribution in [-0.2, 0) is 19.1 Å². The molecular formula is C25H29N3O4. The molecule has 1 heterocycles. The summed E-state index contributed by atoms with van der Waals surface area (Å²) in [4.78, 5) is 38.8. The van der Waals surface area contributed by atoms with Crippen LogP contribution in [0.3, 0.4) is 0 Å². The van der Waals surface area contributed by atoms with E-state index < -0.39 is 0 Å². The van der Waals surface area contributed by atoms with Gasteiger partial charge in [-0.15, -0.1) is 0 Å². The SMILES string of the molecule is CCCCOCCCN1C(=O)C(Nc2ccc(NC(C)=O)cc2)=C(c2ccccc2)C1=O. The summed E-state index contributed by atoms with van der Waals surface area (Å²) in [6, 6.07) is 16.2. The number of rotatable bonds is 11. The van der Waals surface area contributed by atoms with Crippen molar-refractivity contribution < 1.29 is 19.1 Å². The normalized spacial score (nSPS) is 13.6. The number of hydrogen-bond donors (Lipinski definition) is 2. The lowest BCUT2D eigenvalue weighted by Crippen LogP contribution is -2.34. The molecule has 1 aliphatic rings. The molecule has 0 radical (unpaired) electrons. The largest absolute Gasteiger partial charge is 0.381 e. The first-order valence-electron chi connectivity index (χ1n) is 10.9. The Morgan fingerprint density at radius 3 is 2.22 bits per heavy atom. The maximum absolute atomic E-state index is 13.2. The number of nitrogens with zero attached hydrogens (tertiary/aromatic N) is 1. The Morgan fingerprint density at radius 1 is 0.906 bits per heavy atom. The van der Waals surface area contributed by atoms with Gasteiger partial charge in [0.15, 0.2) is 0 Å². The molecule has 7 heteroatoms. The second-order valence-corrected chi connectivity index (χ2v) is 7.58. The highest BCUT2D eigenvalue weighted by Crippen LogP contribution is 2.30. The second kappa shape index (κ2) is 11.2. The zero-order valence-electron chi connectivity index (χ0n) is 18.5. The van der Waals surface area contributed by atoms with Crippen molar-refractivity contribution >= 4 is 34.7 Å². The minimum atomic E-state index is -0.353. The van der Waals surface area contributed by atoms with Gasteiger partial charge in [-0.3, -0.25) is 19.3 Å². The van der Waals surface area contributed by atoms with E-state index in [-0.39, 0.29) is 23.4 Å². The maximum atomic E-state index is 13.2. The molecule has 0 fully saturated rings. The standard InChI is InChI=1S/C25H29N3O4/c1-3-4-16-32-17-8-15-28-24(30)22(19-9-6-5-7-10-19)23(25(28)31)27-21-13-11-20(12-14-21)26-18(2)29/h5-7,9-14,27H,3-4,8,15-17H2,1-2H3,(H,26,29). The van der Waals surface area contributed by atoms with Crippen LogP contribution < -0.4 is 10.6 Å². The van der Waals surface area contributed by atoms with Gasteiger partial charge in [0.2, 0.25) is 5.91 Å². The Labute approximate surface area is 188 Å². The first-order valence-corrected chi connectivity index (χ1v) is 10.9. The van der Waals surface area contributed by atoms with E-state index in [0.29, 0.717) is 48.7 Å². The van der Waals surface area contributed by atoms with Crippen LogP contribution in [0.25, 0.3) is 5.57 Å². The fraction of sp³-hybridized carbons (Fsp3) is 0.320. The fourth-order valence-electron chi connectivity index (χ4n) is 3.43. The number of carbonyl (C=O) groups excluding carboxylic acids is 3. The zero-order valence-corrected chi connectivity index (χ0v) is 18.5. The lowest BCUT2D eigenvalue weighted by Gasteiger charge is -2.15. The van der Waals surface area contributed by atoms with Crippen molar-refractivity contribution in [3.05, 3.63) is 65.9 Å². The van der Waals surface area contributed by atoms with Gasteiger partial charge in [-0.2, -0.15) is 0 Å². The molecule has 1 aliphatic heterocycles. The van der Waals surface area contributed by atoms with Crippen LogP contribution in [0.1, 0.15) is 38.7 Å². The van der Waals surface area contributed by atoms with Gasteiger partial charge in [0, 0.05) is 38.1 Å². The number of imide groups is 1. The van der Waals surface area contributed by atoms with Crippen molar-refractivity contribution in [3.63, 3.8) is 0 Å². The molecule has 0 spiro atoms. The summed E-state index contributed by atoms with van der Waals surface area (Å²) in [5, 5.41) is 5.83. The molecule has 0 aliphatic carbocycles. The van der Waals surface area contributed by atoms with Gasteiger partial charge in [0.1, 0.15) is 5.70 Å². The first kappa shape index (κ1) is 23.2. The summed E-state index contributed by atoms with van der Waals surface area (Å²) >= 11 is 0. The number of hydrogen-bond acceptors (Lipinski definition) is 5. The van der Waals surface area contributed by atoms with Crippen molar-refractivity contribution in [2.45, 2.75) is 33.1 Å². The molecule has 0 saturated heterocycles. The van der Waals surface area contributed by atoms with E-state index in [1.54, 1.807) is 24.3 Å². The molecule has 2 aromatic carbocycles. The molecule has 0 saturated carbocycles. The first-order chi connectivity index (χ1) is 15.5. The van der Waals surface area contributed by atoms with Crippen molar-refractivity contribution in [1.29, 1.82) is 0 Å². The van der Waals surface area contributed by atoms with E-state index in [2.05, 4.69) is 17.6 Å². The van der Waals surface area contributed by atoms with Crippen LogP contribution >= 0.6 is 0 Å². The third-order valence-electron chi connectivity index (χ3n) is 5.02. The molecule has 2 N–H and O–H groups in total. The van der Waals surface area contributed by atoms with Gasteiger partial charge in [-0.1, -0.05) is 43.7 Å². The molecule has 2 aromatic rings. The molecule has 32 heavy (non-hydrogen) atoms. The van der Waals surface area contributed by atoms with Crippen LogP contribution in [0.4, 0.5) is 11.4 Å². The van der Waals surface area contributed by atoms with Crippen molar-refractivity contribution in [3.8, 4) is 0 Å². The molecule has 3 amide bonds. The van der Waals surface area contributed by atoms with E-state index in [1.165, 1.54) is 11.8 Å². The molecule has 0 bridgehead atoms. The number of benzene rings is 2. The van der Waals surface area contributed by atoms with Gasteiger partial charge < -0.3 is 15.4 Å². The van der Waals surface area contributed by atoms with Gasteiger partial charge >= 0.3 is 0 Å². The summed E-state index contributed by atoms with van der Waals surface area (Å²) < 4.78 is 5.57. The summed E-state index contributed by atoms with van der Waals surface area (Å²) in [7, 11) is 0. The fourth-order valence-corrected chi connectivity index (χ4v) is 3.43. The van der Waals surface area contributed by atoms with Crippen molar-refractivity contribution in [1.82, 2.24) is 4.90 Å². The summed E-state index contributed by atoms with van der Waals surface area (Å²) in [6.45, 7) is 5.03. The van der Waals surface area contributed by atoms with Gasteiger partial charge in [0.05, 0.1) is 5.57 Å². The highest BCUT2D eigenvalue weighted by atomic mass is 16.5. The topological polar surface area (TPSA) is 87.7 Å². The van der Waals surface area contributed by atoms with Crippen LogP contribution in [0.5, 0.6) is 0 Å². The van der Waals surface area contributed by atoms with E-state index >= 15 is 0 Å². The predicted molar refractivity (Wildman–Crippen MR) is 125 cm³/mol. The van der Waals surface area contributed by atoms with Crippen LogP contribution in [0.2, 0.25) is 0 Å². The van der Waals surface area contributed by atoms with Gasteiger partial charge in [-0.25, -0.2) is 0 Å². The monoisotopic (exact) mass is 435 g/mol. The number of anilines is 2. The minimum absolute atomic E-state index is 0.161. The Balaban J connectivity index is 1.78. The zero-order chi connectivity index (χ0) is 22.9. The Kier molecular flexibility index (Phi) is 8.16. The number of ether oxygens (including phenoxy) is 1. The highest BCUT2D eigenvalue weighted by Gasteiger charge is 2.38.